The van der Waals surface area contributed by atoms with Gasteiger partial charge >= 0.3 is 5.69 Å². The highest BCUT2D eigenvalue weighted by molar-refractivity contribution is 5.93. The third-order valence-corrected chi connectivity index (χ3v) is 2.86. The van der Waals surface area contributed by atoms with Crippen LogP contribution in [0.4, 0.5) is 0 Å². The van der Waals surface area contributed by atoms with E-state index in [1.165, 1.54) is 24.7 Å². The van der Waals surface area contributed by atoms with Crippen molar-refractivity contribution < 1.29 is 9.32 Å². The molecular formula is C12H14N4O4. The average molecular weight is 278 g/mol. The third kappa shape index (κ3) is 2.44. The van der Waals surface area contributed by atoms with Gasteiger partial charge in [-0.05, 0) is 6.92 Å². The van der Waals surface area contributed by atoms with Gasteiger partial charge in [0.15, 0.2) is 11.6 Å². The molecule has 0 aliphatic heterocycles. The van der Waals surface area contributed by atoms with Gasteiger partial charge in [-0.1, -0.05) is 12.1 Å². The van der Waals surface area contributed by atoms with E-state index in [4.69, 9.17) is 4.52 Å². The quantitative estimate of drug-likeness (QED) is 0.714. The number of ketones is 1. The molecule has 0 fully saturated rings. The van der Waals surface area contributed by atoms with Crippen LogP contribution in [-0.2, 0) is 20.0 Å². The molecule has 0 aromatic carbocycles. The summed E-state index contributed by atoms with van der Waals surface area (Å²) in [6.45, 7) is 3.18. The van der Waals surface area contributed by atoms with Gasteiger partial charge in [-0.15, -0.1) is 0 Å². The maximum atomic E-state index is 12.0. The first-order valence-electron chi connectivity index (χ1n) is 6.07. The van der Waals surface area contributed by atoms with E-state index in [-0.39, 0.29) is 12.1 Å². The van der Waals surface area contributed by atoms with Crippen LogP contribution >= 0.6 is 0 Å². The summed E-state index contributed by atoms with van der Waals surface area (Å²) in [7, 11) is 1.32. The highest BCUT2D eigenvalue weighted by atomic mass is 16.5. The van der Waals surface area contributed by atoms with Crippen LogP contribution in [0.3, 0.4) is 0 Å². The summed E-state index contributed by atoms with van der Waals surface area (Å²) in [5.74, 6) is 0.378. The van der Waals surface area contributed by atoms with Gasteiger partial charge in [0.2, 0.25) is 5.89 Å². The average Bonchev–Trinajstić information content (AvgIpc) is 2.86. The highest BCUT2D eigenvalue weighted by Crippen LogP contribution is 2.00. The van der Waals surface area contributed by atoms with Crippen molar-refractivity contribution in [2.75, 3.05) is 0 Å². The lowest BCUT2D eigenvalue weighted by Crippen LogP contribution is -2.40. The molecule has 0 atom stereocenters. The second kappa shape index (κ2) is 5.24. The van der Waals surface area contributed by atoms with Crippen molar-refractivity contribution in [1.82, 2.24) is 19.3 Å². The smallest absolute Gasteiger partial charge is 0.331 e. The fourth-order valence-corrected chi connectivity index (χ4v) is 1.73. The Morgan fingerprint density at radius 1 is 1.40 bits per heavy atom. The van der Waals surface area contributed by atoms with E-state index in [0.29, 0.717) is 18.1 Å². The number of hydrogen-bond donors (Lipinski definition) is 0. The molecule has 0 N–H and O–H groups in total. The van der Waals surface area contributed by atoms with Crippen LogP contribution in [0.1, 0.15) is 35.9 Å². The molecule has 106 valence electrons. The van der Waals surface area contributed by atoms with E-state index >= 15 is 0 Å². The van der Waals surface area contributed by atoms with Crippen molar-refractivity contribution in [1.29, 1.82) is 0 Å². The van der Waals surface area contributed by atoms with E-state index < -0.39 is 17.0 Å². The number of hydrogen-bond acceptors (Lipinski definition) is 6. The Kier molecular flexibility index (Phi) is 3.64. The zero-order valence-electron chi connectivity index (χ0n) is 11.4. The van der Waals surface area contributed by atoms with Gasteiger partial charge in [-0.2, -0.15) is 4.98 Å². The van der Waals surface area contributed by atoms with Crippen LogP contribution in [0, 0.1) is 0 Å². The molecule has 0 amide bonds. The zero-order chi connectivity index (χ0) is 14.9. The van der Waals surface area contributed by atoms with E-state index in [1.807, 2.05) is 6.92 Å². The van der Waals surface area contributed by atoms with Gasteiger partial charge in [0, 0.05) is 19.7 Å². The number of rotatable bonds is 4. The molecule has 8 nitrogen and oxygen atoms in total. The van der Waals surface area contributed by atoms with Crippen LogP contribution in [0.2, 0.25) is 0 Å². The van der Waals surface area contributed by atoms with E-state index in [9.17, 15) is 14.4 Å². The summed E-state index contributed by atoms with van der Waals surface area (Å²) in [5.41, 5.74) is -1.20. The van der Waals surface area contributed by atoms with Crippen molar-refractivity contribution in [3.8, 4) is 0 Å². The Labute approximate surface area is 113 Å². The number of carbonyl (C=O) groups excluding carboxylic acids is 1. The minimum atomic E-state index is -0.610. The van der Waals surface area contributed by atoms with Crippen molar-refractivity contribution in [2.45, 2.75) is 26.8 Å². The standard InChI is InChI=1S/C12H14N4O4/c1-4-10-13-9(14-20-10)6-16-5-8(7(2)17)11(18)15(3)12(16)19/h5H,4,6H2,1-3H3. The molecule has 2 aromatic heterocycles. The second-order valence-electron chi connectivity index (χ2n) is 4.33. The van der Waals surface area contributed by atoms with Gasteiger partial charge < -0.3 is 4.52 Å². The lowest BCUT2D eigenvalue weighted by molar-refractivity contribution is 0.101. The summed E-state index contributed by atoms with van der Waals surface area (Å²) < 4.78 is 7.04. The summed E-state index contributed by atoms with van der Waals surface area (Å²) in [4.78, 5) is 39.2. The van der Waals surface area contributed by atoms with Crippen molar-refractivity contribution >= 4 is 5.78 Å². The Hall–Kier alpha value is -2.51. The fraction of sp³-hybridized carbons (Fsp3) is 0.417. The number of aryl methyl sites for hydroxylation is 1. The molecule has 2 aromatic rings. The second-order valence-corrected chi connectivity index (χ2v) is 4.33. The molecule has 0 spiro atoms. The molecule has 0 saturated heterocycles. The summed E-state index contributed by atoms with van der Waals surface area (Å²) in [6, 6.07) is 0. The molecule has 8 heteroatoms. The van der Waals surface area contributed by atoms with E-state index in [2.05, 4.69) is 10.1 Å². The molecule has 0 saturated carbocycles. The first-order valence-corrected chi connectivity index (χ1v) is 6.07. The van der Waals surface area contributed by atoms with Crippen molar-refractivity contribution in [3.05, 3.63) is 44.3 Å². The fourth-order valence-electron chi connectivity index (χ4n) is 1.73. The van der Waals surface area contributed by atoms with Gasteiger partial charge in [0.1, 0.15) is 0 Å². The van der Waals surface area contributed by atoms with Crippen molar-refractivity contribution in [3.63, 3.8) is 0 Å². The van der Waals surface area contributed by atoms with Crippen LogP contribution in [0.25, 0.3) is 0 Å². The first kappa shape index (κ1) is 13.9. The summed E-state index contributed by atoms with van der Waals surface area (Å²) in [5, 5.41) is 3.73. The number of Topliss-reactive ketones (excluding diaryl/α,β-unsaturated/α-hetero) is 1. The van der Waals surface area contributed by atoms with Gasteiger partial charge in [0.05, 0.1) is 12.1 Å². The molecule has 0 radical (unpaired) electrons. The topological polar surface area (TPSA) is 100.0 Å². The number of aromatic nitrogens is 4. The summed E-state index contributed by atoms with van der Waals surface area (Å²) >= 11 is 0. The van der Waals surface area contributed by atoms with Crippen LogP contribution in [-0.4, -0.2) is 25.1 Å². The molecule has 0 aliphatic rings. The lowest BCUT2D eigenvalue weighted by Gasteiger charge is -2.07. The van der Waals surface area contributed by atoms with Gasteiger partial charge in [-0.3, -0.25) is 18.7 Å². The Balaban J connectivity index is 2.49. The third-order valence-electron chi connectivity index (χ3n) is 2.86. The van der Waals surface area contributed by atoms with Gasteiger partial charge in [0.25, 0.3) is 5.56 Å². The Bertz CT molecular complexity index is 768. The van der Waals surface area contributed by atoms with Crippen LogP contribution in [0.5, 0.6) is 0 Å². The maximum absolute atomic E-state index is 12.0. The van der Waals surface area contributed by atoms with E-state index in [0.717, 1.165) is 4.57 Å². The Morgan fingerprint density at radius 3 is 2.65 bits per heavy atom. The predicted octanol–water partition coefficient (Wildman–Crippen LogP) is -0.257. The predicted molar refractivity (Wildman–Crippen MR) is 68.7 cm³/mol. The molecular weight excluding hydrogens is 264 g/mol. The molecule has 0 aliphatic carbocycles. The Morgan fingerprint density at radius 2 is 2.10 bits per heavy atom. The molecule has 2 heterocycles. The molecule has 2 rings (SSSR count). The minimum Gasteiger partial charge on any atom is -0.339 e. The van der Waals surface area contributed by atoms with Crippen molar-refractivity contribution in [2.24, 2.45) is 7.05 Å². The highest BCUT2D eigenvalue weighted by Gasteiger charge is 2.14. The number of nitrogens with zero attached hydrogens (tertiary/aromatic N) is 4. The molecule has 20 heavy (non-hydrogen) atoms. The molecule has 0 bridgehead atoms. The van der Waals surface area contributed by atoms with Crippen LogP contribution < -0.4 is 11.2 Å². The SMILES string of the molecule is CCc1nc(Cn2cc(C(C)=O)c(=O)n(C)c2=O)no1. The largest absolute Gasteiger partial charge is 0.339 e. The molecule has 0 unspecified atom stereocenters. The summed E-state index contributed by atoms with van der Waals surface area (Å²) in [6.07, 6.45) is 1.82. The minimum absolute atomic E-state index is 0.0384. The van der Waals surface area contributed by atoms with Crippen LogP contribution in [0.15, 0.2) is 20.3 Å². The van der Waals surface area contributed by atoms with Gasteiger partial charge in [-0.25, -0.2) is 4.79 Å². The van der Waals surface area contributed by atoms with E-state index in [1.54, 1.807) is 0 Å². The normalized spacial score (nSPS) is 10.8. The first-order chi connectivity index (χ1) is 9.43. The zero-order valence-corrected chi connectivity index (χ0v) is 11.4. The maximum Gasteiger partial charge on any atom is 0.331 e. The number of carbonyl (C=O) groups is 1. The monoisotopic (exact) mass is 278 g/mol. The lowest BCUT2D eigenvalue weighted by atomic mass is 10.2.